The summed E-state index contributed by atoms with van der Waals surface area (Å²) in [5.41, 5.74) is 0. The van der Waals surface area contributed by atoms with Crippen molar-refractivity contribution in [1.29, 1.82) is 0 Å². The van der Waals surface area contributed by atoms with Crippen molar-refractivity contribution in [3.63, 3.8) is 0 Å². The second-order valence-electron chi connectivity index (χ2n) is 5.33. The Kier molecular flexibility index (Phi) is 3.48. The summed E-state index contributed by atoms with van der Waals surface area (Å²) in [7, 11) is 0. The van der Waals surface area contributed by atoms with Crippen molar-refractivity contribution in [1.82, 2.24) is 4.98 Å². The Morgan fingerprint density at radius 1 is 1.47 bits per heavy atom. The number of aromatic nitrogens is 1. The highest BCUT2D eigenvalue weighted by atomic mass is 79.9. The number of pyridine rings is 1. The first-order valence-electron chi connectivity index (χ1n) is 6.78. The van der Waals surface area contributed by atoms with Crippen LogP contribution in [0.1, 0.15) is 32.6 Å². The molecule has 102 valence electrons. The first-order chi connectivity index (χ1) is 9.15. The summed E-state index contributed by atoms with van der Waals surface area (Å²) in [6.45, 7) is 2.57. The Morgan fingerprint density at radius 3 is 2.95 bits per heavy atom. The van der Waals surface area contributed by atoms with Crippen molar-refractivity contribution >= 4 is 27.7 Å². The maximum atomic E-state index is 12.3. The van der Waals surface area contributed by atoms with Crippen LogP contribution < -0.4 is 9.64 Å². The lowest BCUT2D eigenvalue weighted by Gasteiger charge is -2.33. The van der Waals surface area contributed by atoms with E-state index in [1.165, 1.54) is 25.7 Å². The Hall–Kier alpha value is -1.10. The van der Waals surface area contributed by atoms with E-state index in [0.29, 0.717) is 17.5 Å². The highest BCUT2D eigenvalue weighted by Gasteiger charge is 2.34. The smallest absolute Gasteiger partial charge is 0.269 e. The minimum atomic E-state index is -0.426. The molecule has 1 amide bonds. The molecule has 0 radical (unpaired) electrons. The standard InChI is InChI=1S/C14H17BrN2O2/c1-9-14(18)17(8-10-4-2-3-5-10)13-12(19-9)6-11(15)7-16-13/h6-7,9-10H,2-5,8H2,1H3. The monoisotopic (exact) mass is 324 g/mol. The molecule has 1 saturated carbocycles. The highest BCUT2D eigenvalue weighted by Crippen LogP contribution is 2.36. The van der Waals surface area contributed by atoms with Crippen LogP contribution in [0.15, 0.2) is 16.7 Å². The summed E-state index contributed by atoms with van der Waals surface area (Å²) >= 11 is 3.39. The molecule has 1 fully saturated rings. The molecule has 0 saturated heterocycles. The van der Waals surface area contributed by atoms with E-state index in [9.17, 15) is 4.79 Å². The predicted octanol–water partition coefficient (Wildman–Crippen LogP) is 3.15. The van der Waals surface area contributed by atoms with Crippen LogP contribution >= 0.6 is 15.9 Å². The number of carbonyl (C=O) groups excluding carboxylic acids is 1. The number of nitrogens with zero attached hydrogens (tertiary/aromatic N) is 2. The van der Waals surface area contributed by atoms with Gasteiger partial charge in [-0.15, -0.1) is 0 Å². The number of rotatable bonds is 2. The summed E-state index contributed by atoms with van der Waals surface area (Å²) < 4.78 is 6.50. The van der Waals surface area contributed by atoms with Gasteiger partial charge in [0.2, 0.25) is 0 Å². The molecule has 1 aromatic rings. The van der Waals surface area contributed by atoms with Gasteiger partial charge in [-0.1, -0.05) is 12.8 Å². The molecule has 1 aromatic heterocycles. The fraction of sp³-hybridized carbons (Fsp3) is 0.571. The lowest BCUT2D eigenvalue weighted by atomic mass is 10.1. The molecule has 2 aliphatic rings. The predicted molar refractivity (Wildman–Crippen MR) is 76.3 cm³/mol. The fourth-order valence-corrected chi connectivity index (χ4v) is 3.21. The average Bonchev–Trinajstić information content (AvgIpc) is 2.87. The third-order valence-corrected chi connectivity index (χ3v) is 4.32. The first kappa shape index (κ1) is 12.9. The zero-order valence-electron chi connectivity index (χ0n) is 10.9. The van der Waals surface area contributed by atoms with Crippen LogP contribution in [0, 0.1) is 5.92 Å². The maximum absolute atomic E-state index is 12.3. The molecule has 5 heteroatoms. The van der Waals surface area contributed by atoms with Gasteiger partial charge in [0.05, 0.1) is 0 Å². The third-order valence-electron chi connectivity index (χ3n) is 3.89. The highest BCUT2D eigenvalue weighted by molar-refractivity contribution is 9.10. The summed E-state index contributed by atoms with van der Waals surface area (Å²) in [5, 5.41) is 0. The van der Waals surface area contributed by atoms with Crippen molar-refractivity contribution in [3.8, 4) is 5.75 Å². The Labute approximate surface area is 121 Å². The van der Waals surface area contributed by atoms with Gasteiger partial charge >= 0.3 is 0 Å². The largest absolute Gasteiger partial charge is 0.477 e. The van der Waals surface area contributed by atoms with E-state index in [1.54, 1.807) is 13.1 Å². The van der Waals surface area contributed by atoms with Crippen LogP contribution in [0.2, 0.25) is 0 Å². The third kappa shape index (κ3) is 2.48. The molecule has 0 N–H and O–H groups in total. The molecule has 19 heavy (non-hydrogen) atoms. The number of anilines is 1. The van der Waals surface area contributed by atoms with E-state index in [0.717, 1.165) is 11.0 Å². The van der Waals surface area contributed by atoms with Crippen molar-refractivity contribution in [2.24, 2.45) is 5.92 Å². The van der Waals surface area contributed by atoms with Crippen molar-refractivity contribution in [2.75, 3.05) is 11.4 Å². The molecule has 0 aromatic carbocycles. The minimum Gasteiger partial charge on any atom is -0.477 e. The van der Waals surface area contributed by atoms with Gasteiger partial charge in [0.25, 0.3) is 5.91 Å². The van der Waals surface area contributed by atoms with Crippen LogP contribution in [0.4, 0.5) is 5.82 Å². The van der Waals surface area contributed by atoms with E-state index < -0.39 is 6.10 Å². The summed E-state index contributed by atoms with van der Waals surface area (Å²) in [6, 6.07) is 1.88. The normalized spacial score (nSPS) is 23.4. The molecule has 0 bridgehead atoms. The summed E-state index contributed by atoms with van der Waals surface area (Å²) in [6.07, 6.45) is 6.27. The van der Waals surface area contributed by atoms with Gasteiger partial charge in [-0.05, 0) is 47.7 Å². The number of hydrogen-bond acceptors (Lipinski definition) is 3. The van der Waals surface area contributed by atoms with Gasteiger partial charge < -0.3 is 4.74 Å². The van der Waals surface area contributed by atoms with Gasteiger partial charge in [-0.25, -0.2) is 4.98 Å². The van der Waals surface area contributed by atoms with E-state index in [4.69, 9.17) is 4.74 Å². The fourth-order valence-electron chi connectivity index (χ4n) is 2.90. The first-order valence-corrected chi connectivity index (χ1v) is 7.58. The number of ether oxygens (including phenoxy) is 1. The molecular weight excluding hydrogens is 308 g/mol. The topological polar surface area (TPSA) is 42.4 Å². The van der Waals surface area contributed by atoms with E-state index in [2.05, 4.69) is 20.9 Å². The lowest BCUT2D eigenvalue weighted by Crippen LogP contribution is -2.46. The van der Waals surface area contributed by atoms with Gasteiger partial charge in [0.1, 0.15) is 0 Å². The SMILES string of the molecule is CC1Oc2cc(Br)cnc2N(CC2CCCC2)C1=O. The lowest BCUT2D eigenvalue weighted by molar-refractivity contribution is -0.125. The molecule has 1 aliphatic heterocycles. The van der Waals surface area contributed by atoms with Gasteiger partial charge in [-0.2, -0.15) is 0 Å². The molecule has 2 heterocycles. The molecular formula is C14H17BrN2O2. The van der Waals surface area contributed by atoms with E-state index in [1.807, 2.05) is 11.0 Å². The van der Waals surface area contributed by atoms with Crippen LogP contribution in [-0.2, 0) is 4.79 Å². The second kappa shape index (κ2) is 5.12. The van der Waals surface area contributed by atoms with Crippen molar-refractivity contribution in [3.05, 3.63) is 16.7 Å². The number of amides is 1. The van der Waals surface area contributed by atoms with Crippen molar-refractivity contribution < 1.29 is 9.53 Å². The molecule has 1 aliphatic carbocycles. The number of fused-ring (bicyclic) bond motifs is 1. The van der Waals surface area contributed by atoms with E-state index >= 15 is 0 Å². The van der Waals surface area contributed by atoms with Gasteiger partial charge in [0, 0.05) is 17.2 Å². The average molecular weight is 325 g/mol. The molecule has 0 spiro atoms. The molecule has 1 atom stereocenters. The number of hydrogen-bond donors (Lipinski definition) is 0. The van der Waals surface area contributed by atoms with Crippen LogP contribution in [0.5, 0.6) is 5.75 Å². The Morgan fingerprint density at radius 2 is 2.21 bits per heavy atom. The van der Waals surface area contributed by atoms with Crippen molar-refractivity contribution in [2.45, 2.75) is 38.7 Å². The summed E-state index contributed by atoms with van der Waals surface area (Å²) in [4.78, 5) is 18.5. The Balaban J connectivity index is 1.90. The zero-order valence-corrected chi connectivity index (χ0v) is 12.5. The maximum Gasteiger partial charge on any atom is 0.269 e. The van der Waals surface area contributed by atoms with E-state index in [-0.39, 0.29) is 5.91 Å². The quantitative estimate of drug-likeness (QED) is 0.839. The molecule has 1 unspecified atom stereocenters. The molecule has 3 rings (SSSR count). The number of carbonyl (C=O) groups is 1. The summed E-state index contributed by atoms with van der Waals surface area (Å²) in [5.74, 6) is 1.99. The minimum absolute atomic E-state index is 0.0224. The van der Waals surface area contributed by atoms with Crippen LogP contribution in [0.25, 0.3) is 0 Å². The van der Waals surface area contributed by atoms with Gasteiger partial charge in [-0.3, -0.25) is 9.69 Å². The Bertz CT molecular complexity index is 500. The second-order valence-corrected chi connectivity index (χ2v) is 6.25. The zero-order chi connectivity index (χ0) is 13.4. The van der Waals surface area contributed by atoms with Crippen LogP contribution in [-0.4, -0.2) is 23.5 Å². The van der Waals surface area contributed by atoms with Crippen LogP contribution in [0.3, 0.4) is 0 Å². The van der Waals surface area contributed by atoms with Gasteiger partial charge in [0.15, 0.2) is 17.7 Å². The molecule has 4 nitrogen and oxygen atoms in total. The number of halogens is 1.